The lowest BCUT2D eigenvalue weighted by molar-refractivity contribution is 0.512. The van der Waals surface area contributed by atoms with E-state index in [1.165, 1.54) is 11.8 Å². The molecule has 0 aliphatic rings. The summed E-state index contributed by atoms with van der Waals surface area (Å²) < 4.78 is 9.34. The fourth-order valence-electron chi connectivity index (χ4n) is 3.44. The summed E-state index contributed by atoms with van der Waals surface area (Å²) in [6.45, 7) is 4.91. The predicted molar refractivity (Wildman–Crippen MR) is 124 cm³/mol. The molecule has 31 heavy (non-hydrogen) atoms. The number of hydrogen-bond acceptors (Lipinski definition) is 7. The SMILES string of the molecule is CC(C)CCn1c(=O)c2ccccc2n2c(SCc3coc(-c4cccs4)n3)nnc12. The molecule has 0 amide bonds. The highest BCUT2D eigenvalue weighted by atomic mass is 32.2. The highest BCUT2D eigenvalue weighted by Crippen LogP contribution is 2.28. The number of nitrogens with zero attached hydrogens (tertiary/aromatic N) is 5. The lowest BCUT2D eigenvalue weighted by Crippen LogP contribution is -2.24. The average molecular weight is 452 g/mol. The second kappa shape index (κ2) is 8.32. The smallest absolute Gasteiger partial charge is 0.262 e. The Labute approximate surface area is 186 Å². The number of hydrogen-bond donors (Lipinski definition) is 0. The number of aryl methyl sites for hydroxylation is 1. The lowest BCUT2D eigenvalue weighted by atomic mass is 10.1. The molecule has 0 unspecified atom stereocenters. The van der Waals surface area contributed by atoms with E-state index in [9.17, 15) is 4.79 Å². The van der Waals surface area contributed by atoms with Crippen molar-refractivity contribution in [1.82, 2.24) is 24.1 Å². The van der Waals surface area contributed by atoms with Gasteiger partial charge in [-0.25, -0.2) is 4.98 Å². The van der Waals surface area contributed by atoms with Gasteiger partial charge in [-0.1, -0.05) is 43.8 Å². The van der Waals surface area contributed by atoms with Gasteiger partial charge in [0.15, 0.2) is 5.16 Å². The Kier molecular flexibility index (Phi) is 5.37. The van der Waals surface area contributed by atoms with Crippen LogP contribution in [0.2, 0.25) is 0 Å². The topological polar surface area (TPSA) is 78.2 Å². The van der Waals surface area contributed by atoms with Crippen LogP contribution in [0.3, 0.4) is 0 Å². The Morgan fingerprint density at radius 2 is 2.03 bits per heavy atom. The monoisotopic (exact) mass is 451 g/mol. The molecule has 0 N–H and O–H groups in total. The van der Waals surface area contributed by atoms with Gasteiger partial charge in [-0.05, 0) is 35.9 Å². The van der Waals surface area contributed by atoms with Crippen molar-refractivity contribution in [1.29, 1.82) is 0 Å². The Morgan fingerprint density at radius 3 is 2.84 bits per heavy atom. The summed E-state index contributed by atoms with van der Waals surface area (Å²) in [6.07, 6.45) is 2.58. The molecule has 0 radical (unpaired) electrons. The van der Waals surface area contributed by atoms with Gasteiger partial charge in [-0.3, -0.25) is 13.8 Å². The second-order valence-electron chi connectivity index (χ2n) is 7.68. The highest BCUT2D eigenvalue weighted by molar-refractivity contribution is 7.98. The predicted octanol–water partition coefficient (Wildman–Crippen LogP) is 5.10. The molecule has 0 fully saturated rings. The summed E-state index contributed by atoms with van der Waals surface area (Å²) in [5.41, 5.74) is 1.63. The normalized spacial score (nSPS) is 11.8. The molecular formula is C22H21N5O2S2. The van der Waals surface area contributed by atoms with Crippen molar-refractivity contribution in [3.05, 3.63) is 64.1 Å². The zero-order valence-corrected chi connectivity index (χ0v) is 18.8. The van der Waals surface area contributed by atoms with Crippen LogP contribution in [0, 0.1) is 5.92 Å². The number of oxazole rings is 1. The third-order valence-corrected chi connectivity index (χ3v) is 6.86. The number of rotatable bonds is 7. The molecule has 4 aromatic heterocycles. The van der Waals surface area contributed by atoms with Crippen LogP contribution in [0.5, 0.6) is 0 Å². The average Bonchev–Trinajstić information content (AvgIpc) is 3.52. The van der Waals surface area contributed by atoms with Crippen molar-refractivity contribution in [2.24, 2.45) is 5.92 Å². The van der Waals surface area contributed by atoms with E-state index in [1.54, 1.807) is 22.2 Å². The maximum atomic E-state index is 13.1. The van der Waals surface area contributed by atoms with E-state index in [0.29, 0.717) is 35.3 Å². The van der Waals surface area contributed by atoms with Gasteiger partial charge in [0.25, 0.3) is 5.56 Å². The minimum Gasteiger partial charge on any atom is -0.444 e. The highest BCUT2D eigenvalue weighted by Gasteiger charge is 2.17. The molecule has 4 heterocycles. The van der Waals surface area contributed by atoms with Crippen molar-refractivity contribution < 1.29 is 4.42 Å². The molecule has 0 aliphatic heterocycles. The third-order valence-electron chi connectivity index (χ3n) is 5.04. The first kappa shape index (κ1) is 20.0. The van der Waals surface area contributed by atoms with E-state index in [2.05, 4.69) is 29.0 Å². The molecule has 9 heteroatoms. The van der Waals surface area contributed by atoms with Gasteiger partial charge >= 0.3 is 0 Å². The molecule has 0 spiro atoms. The largest absolute Gasteiger partial charge is 0.444 e. The van der Waals surface area contributed by atoms with Crippen molar-refractivity contribution in [3.8, 4) is 10.8 Å². The summed E-state index contributed by atoms with van der Waals surface area (Å²) in [4.78, 5) is 18.7. The molecule has 5 aromatic rings. The van der Waals surface area contributed by atoms with Crippen LogP contribution in [-0.2, 0) is 12.3 Å². The second-order valence-corrected chi connectivity index (χ2v) is 9.57. The number of aromatic nitrogens is 5. The first-order valence-electron chi connectivity index (χ1n) is 10.1. The molecule has 7 nitrogen and oxygen atoms in total. The van der Waals surface area contributed by atoms with Crippen LogP contribution in [0.15, 0.2) is 62.4 Å². The Hall–Kier alpha value is -2.91. The summed E-state index contributed by atoms with van der Waals surface area (Å²) in [5, 5.41) is 12.2. The van der Waals surface area contributed by atoms with Gasteiger partial charge < -0.3 is 4.42 Å². The van der Waals surface area contributed by atoms with E-state index < -0.39 is 0 Å². The molecular weight excluding hydrogens is 430 g/mol. The zero-order valence-electron chi connectivity index (χ0n) is 17.2. The number of thiophene rings is 1. The van der Waals surface area contributed by atoms with Crippen LogP contribution in [0.25, 0.3) is 27.4 Å². The van der Waals surface area contributed by atoms with Gasteiger partial charge in [-0.2, -0.15) is 0 Å². The van der Waals surface area contributed by atoms with Crippen LogP contribution >= 0.6 is 23.1 Å². The van der Waals surface area contributed by atoms with Gasteiger partial charge in [0.2, 0.25) is 11.7 Å². The summed E-state index contributed by atoms with van der Waals surface area (Å²) >= 11 is 3.12. The van der Waals surface area contributed by atoms with Crippen LogP contribution < -0.4 is 5.56 Å². The molecule has 1 aromatic carbocycles. The fraction of sp³-hybridized carbons (Fsp3) is 0.273. The standard InChI is InChI=1S/C22H21N5O2S2/c1-14(2)9-10-26-20(28)16-6-3-4-7-17(16)27-21(26)24-25-22(27)31-13-15-12-29-19(23-15)18-8-5-11-30-18/h3-8,11-12,14H,9-10,13H2,1-2H3. The Balaban J connectivity index is 1.52. The van der Waals surface area contributed by atoms with Crippen molar-refractivity contribution in [2.45, 2.75) is 37.7 Å². The lowest BCUT2D eigenvalue weighted by Gasteiger charge is -2.12. The minimum absolute atomic E-state index is 0.0233. The number of para-hydroxylation sites is 1. The molecule has 0 saturated heterocycles. The van der Waals surface area contributed by atoms with Gasteiger partial charge in [0, 0.05) is 12.3 Å². The molecule has 158 valence electrons. The quantitative estimate of drug-likeness (QED) is 0.320. The van der Waals surface area contributed by atoms with Gasteiger partial charge in [0.05, 0.1) is 21.5 Å². The van der Waals surface area contributed by atoms with Crippen LogP contribution in [0.1, 0.15) is 26.0 Å². The van der Waals surface area contributed by atoms with Crippen LogP contribution in [-0.4, -0.2) is 24.1 Å². The molecule has 0 aliphatic carbocycles. The van der Waals surface area contributed by atoms with Gasteiger partial charge in [0.1, 0.15) is 6.26 Å². The molecule has 0 saturated carbocycles. The number of benzene rings is 1. The zero-order chi connectivity index (χ0) is 21.4. The molecule has 5 rings (SSSR count). The maximum Gasteiger partial charge on any atom is 0.262 e. The van der Waals surface area contributed by atoms with E-state index in [4.69, 9.17) is 4.42 Å². The van der Waals surface area contributed by atoms with E-state index in [0.717, 1.165) is 27.7 Å². The van der Waals surface area contributed by atoms with E-state index in [1.807, 2.05) is 46.2 Å². The number of thioether (sulfide) groups is 1. The first-order chi connectivity index (χ1) is 15.1. The van der Waals surface area contributed by atoms with Crippen molar-refractivity contribution >= 4 is 39.8 Å². The number of fused-ring (bicyclic) bond motifs is 3. The Morgan fingerprint density at radius 1 is 1.16 bits per heavy atom. The van der Waals surface area contributed by atoms with Gasteiger partial charge in [-0.15, -0.1) is 21.5 Å². The van der Waals surface area contributed by atoms with E-state index >= 15 is 0 Å². The van der Waals surface area contributed by atoms with Crippen LogP contribution in [0.4, 0.5) is 0 Å². The first-order valence-corrected chi connectivity index (χ1v) is 12.0. The Bertz CT molecular complexity index is 1400. The maximum absolute atomic E-state index is 13.1. The fourth-order valence-corrected chi connectivity index (χ4v) is 4.91. The van der Waals surface area contributed by atoms with Crippen molar-refractivity contribution in [2.75, 3.05) is 0 Å². The third kappa shape index (κ3) is 3.79. The minimum atomic E-state index is -0.0233. The summed E-state index contributed by atoms with van der Waals surface area (Å²) in [6, 6.07) is 11.6. The molecule has 0 atom stereocenters. The summed E-state index contributed by atoms with van der Waals surface area (Å²) in [7, 11) is 0. The van der Waals surface area contributed by atoms with Crippen molar-refractivity contribution in [3.63, 3.8) is 0 Å². The molecule has 0 bridgehead atoms. The van der Waals surface area contributed by atoms with E-state index in [-0.39, 0.29) is 5.56 Å². The summed E-state index contributed by atoms with van der Waals surface area (Å²) in [5.74, 6) is 2.28.